The first-order chi connectivity index (χ1) is 17.4. The van der Waals surface area contributed by atoms with Crippen molar-refractivity contribution < 1.29 is 19.8 Å². The van der Waals surface area contributed by atoms with Crippen LogP contribution in [0, 0.1) is 5.41 Å². The number of carbonyl (C=O) groups is 2. The zero-order valence-electron chi connectivity index (χ0n) is 23.4. The second kappa shape index (κ2) is 13.2. The minimum atomic E-state index is -1.44. The third-order valence-electron chi connectivity index (χ3n) is 6.64. The van der Waals surface area contributed by atoms with Crippen molar-refractivity contribution in [2.45, 2.75) is 80.6 Å². The first-order valence-electron chi connectivity index (χ1n) is 13.0. The minimum Gasteiger partial charge on any atom is -0.507 e. The van der Waals surface area contributed by atoms with Gasteiger partial charge in [0.1, 0.15) is 22.5 Å². The maximum atomic E-state index is 14.2. The molecule has 0 saturated carbocycles. The fourth-order valence-corrected chi connectivity index (χ4v) is 4.32. The van der Waals surface area contributed by atoms with E-state index in [0.29, 0.717) is 5.56 Å². The lowest BCUT2D eigenvalue weighted by Gasteiger charge is -2.35. The second-order valence-electron chi connectivity index (χ2n) is 10.7. The molecule has 37 heavy (non-hydrogen) atoms. The van der Waals surface area contributed by atoms with Gasteiger partial charge in [0, 0.05) is 11.1 Å². The molecule has 0 fully saturated rings. The Kier molecular flexibility index (Phi) is 10.7. The lowest BCUT2D eigenvalue weighted by atomic mass is 9.64. The molecule has 1 aromatic carbocycles. The Balaban J connectivity index is 2.75. The van der Waals surface area contributed by atoms with E-state index >= 15 is 0 Å². The zero-order chi connectivity index (χ0) is 27.8. The number of hydrogen-bond acceptors (Lipinski definition) is 4. The van der Waals surface area contributed by atoms with Crippen molar-refractivity contribution in [3.63, 3.8) is 0 Å². The molecule has 198 valence electrons. The number of allylic oxidation sites excluding steroid dienone is 10. The Labute approximate surface area is 222 Å². The van der Waals surface area contributed by atoms with Crippen LogP contribution in [0.25, 0.3) is 5.76 Å². The first kappa shape index (κ1) is 29.8. The molecule has 0 heterocycles. The summed E-state index contributed by atoms with van der Waals surface area (Å²) in [6.07, 6.45) is 10.2. The van der Waals surface area contributed by atoms with E-state index in [9.17, 15) is 19.8 Å². The summed E-state index contributed by atoms with van der Waals surface area (Å²) in [4.78, 5) is 28.3. The zero-order valence-corrected chi connectivity index (χ0v) is 23.4. The third kappa shape index (κ3) is 7.55. The fourth-order valence-electron chi connectivity index (χ4n) is 4.32. The molecule has 0 spiro atoms. The van der Waals surface area contributed by atoms with Crippen LogP contribution in [0.2, 0.25) is 0 Å². The van der Waals surface area contributed by atoms with Gasteiger partial charge in [-0.2, -0.15) is 0 Å². The lowest BCUT2D eigenvalue weighted by molar-refractivity contribution is -0.137. The van der Waals surface area contributed by atoms with E-state index in [1.807, 2.05) is 58.9 Å². The summed E-state index contributed by atoms with van der Waals surface area (Å²) in [7, 11) is 0. The Morgan fingerprint density at radius 3 is 1.92 bits per heavy atom. The van der Waals surface area contributed by atoms with Gasteiger partial charge in [0.2, 0.25) is 0 Å². The molecule has 0 bridgehead atoms. The Morgan fingerprint density at radius 2 is 1.35 bits per heavy atom. The molecule has 2 N–H and O–H groups in total. The van der Waals surface area contributed by atoms with E-state index in [1.165, 1.54) is 5.57 Å². The molecule has 1 aliphatic carbocycles. The molecule has 1 atom stereocenters. The molecule has 1 unspecified atom stereocenters. The number of hydrogen-bond donors (Lipinski definition) is 2. The summed E-state index contributed by atoms with van der Waals surface area (Å²) in [5.41, 5.74) is 3.29. The fraction of sp³-hybridized carbons (Fsp3) is 0.394. The lowest BCUT2D eigenvalue weighted by Crippen LogP contribution is -2.45. The predicted molar refractivity (Wildman–Crippen MR) is 153 cm³/mol. The smallest absolute Gasteiger partial charge is 0.184 e. The van der Waals surface area contributed by atoms with Crippen molar-refractivity contribution in [1.29, 1.82) is 0 Å². The summed E-state index contributed by atoms with van der Waals surface area (Å²) >= 11 is 0. The minimum absolute atomic E-state index is 0.163. The number of ketones is 2. The molecule has 1 aliphatic rings. The maximum absolute atomic E-state index is 14.2. The highest BCUT2D eigenvalue weighted by Gasteiger charge is 2.52. The highest BCUT2D eigenvalue weighted by atomic mass is 16.3. The number of carbonyl (C=O) groups excluding carboxylic acids is 2. The van der Waals surface area contributed by atoms with Crippen LogP contribution in [0.15, 0.2) is 93.8 Å². The van der Waals surface area contributed by atoms with E-state index in [-0.39, 0.29) is 42.0 Å². The van der Waals surface area contributed by atoms with Crippen LogP contribution in [0.5, 0.6) is 0 Å². The molecular formula is C33H42O4. The third-order valence-corrected chi connectivity index (χ3v) is 6.64. The Hall–Kier alpha value is -3.40. The van der Waals surface area contributed by atoms with Gasteiger partial charge >= 0.3 is 0 Å². The van der Waals surface area contributed by atoms with Gasteiger partial charge in [-0.25, -0.2) is 0 Å². The van der Waals surface area contributed by atoms with E-state index in [4.69, 9.17) is 0 Å². The molecule has 0 saturated heterocycles. The second-order valence-corrected chi connectivity index (χ2v) is 10.7. The van der Waals surface area contributed by atoms with Crippen LogP contribution in [-0.4, -0.2) is 21.8 Å². The van der Waals surface area contributed by atoms with Crippen molar-refractivity contribution in [2.75, 3.05) is 0 Å². The van der Waals surface area contributed by atoms with Crippen molar-refractivity contribution in [1.82, 2.24) is 0 Å². The Bertz CT molecular complexity index is 1190. The van der Waals surface area contributed by atoms with Crippen molar-refractivity contribution in [2.24, 2.45) is 5.41 Å². The summed E-state index contributed by atoms with van der Waals surface area (Å²) in [6, 6.07) is 8.68. The van der Waals surface area contributed by atoms with Gasteiger partial charge in [-0.15, -0.1) is 0 Å². The van der Waals surface area contributed by atoms with Crippen LogP contribution in [0.4, 0.5) is 0 Å². The first-order valence-corrected chi connectivity index (χ1v) is 13.0. The number of rotatable bonds is 10. The predicted octanol–water partition coefficient (Wildman–Crippen LogP) is 8.70. The summed E-state index contributed by atoms with van der Waals surface area (Å²) in [5.74, 6) is -1.65. The Morgan fingerprint density at radius 1 is 0.784 bits per heavy atom. The summed E-state index contributed by atoms with van der Waals surface area (Å²) in [6.45, 7) is 13.8. The number of aliphatic hydroxyl groups excluding tert-OH is 2. The standard InChI is InChI=1S/C33H42O4/c1-22(2)12-11-13-25(7)19-21-33(20-18-24(5)6)31(36)27(17-16-23(3)4)30(35)28(32(33)37)29(34)26-14-9-8-10-15-26/h8-10,12,14-16,18-19,34-35H,11,13,17,20-21H2,1-7H3/b25-19+,29-28?. The van der Waals surface area contributed by atoms with Gasteiger partial charge in [0.15, 0.2) is 11.6 Å². The van der Waals surface area contributed by atoms with Crippen molar-refractivity contribution in [3.05, 3.63) is 99.4 Å². The SMILES string of the molecule is CC(C)=CCC/C(C)=C/CC1(CC=C(C)C)C(=O)C(CC=C(C)C)=C(O)C(=C(O)c2ccccc2)C1=O. The highest BCUT2D eigenvalue weighted by molar-refractivity contribution is 6.26. The molecule has 1 aromatic rings. The van der Waals surface area contributed by atoms with Gasteiger partial charge in [-0.3, -0.25) is 9.59 Å². The number of aliphatic hydroxyl groups is 2. The van der Waals surface area contributed by atoms with Gasteiger partial charge in [0.05, 0.1) is 0 Å². The number of benzene rings is 1. The molecule has 4 heteroatoms. The summed E-state index contributed by atoms with van der Waals surface area (Å²) in [5, 5.41) is 22.4. The molecule has 0 amide bonds. The van der Waals surface area contributed by atoms with Gasteiger partial charge < -0.3 is 10.2 Å². The van der Waals surface area contributed by atoms with Crippen LogP contribution >= 0.6 is 0 Å². The van der Waals surface area contributed by atoms with E-state index in [1.54, 1.807) is 24.3 Å². The molecule has 0 aromatic heterocycles. The molecular weight excluding hydrogens is 460 g/mol. The van der Waals surface area contributed by atoms with Crippen LogP contribution in [0.3, 0.4) is 0 Å². The molecule has 2 rings (SSSR count). The van der Waals surface area contributed by atoms with E-state index < -0.39 is 17.0 Å². The van der Waals surface area contributed by atoms with E-state index in [0.717, 1.165) is 29.6 Å². The van der Waals surface area contributed by atoms with Crippen molar-refractivity contribution >= 4 is 17.3 Å². The normalized spacial score (nSPS) is 19.5. The quantitative estimate of drug-likeness (QED) is 0.145. The molecule has 0 aliphatic heterocycles. The van der Waals surface area contributed by atoms with Gasteiger partial charge in [0.25, 0.3) is 0 Å². The van der Waals surface area contributed by atoms with Gasteiger partial charge in [-0.1, -0.05) is 76.9 Å². The average Bonchev–Trinajstić information content (AvgIpc) is 2.83. The maximum Gasteiger partial charge on any atom is 0.184 e. The van der Waals surface area contributed by atoms with E-state index in [2.05, 4.69) is 19.9 Å². The van der Waals surface area contributed by atoms with Crippen LogP contribution in [-0.2, 0) is 9.59 Å². The average molecular weight is 503 g/mol. The van der Waals surface area contributed by atoms with Crippen LogP contribution in [0.1, 0.15) is 86.1 Å². The topological polar surface area (TPSA) is 74.6 Å². The number of Topliss-reactive ketones (excluding diaryl/α,β-unsaturated/α-hetero) is 2. The van der Waals surface area contributed by atoms with Gasteiger partial charge in [-0.05, 0) is 80.6 Å². The van der Waals surface area contributed by atoms with Crippen LogP contribution < -0.4 is 0 Å². The largest absolute Gasteiger partial charge is 0.507 e. The highest BCUT2D eigenvalue weighted by Crippen LogP contribution is 2.45. The molecule has 4 nitrogen and oxygen atoms in total. The van der Waals surface area contributed by atoms with Crippen molar-refractivity contribution in [3.8, 4) is 0 Å². The summed E-state index contributed by atoms with van der Waals surface area (Å²) < 4.78 is 0. The molecule has 0 radical (unpaired) electrons. The monoisotopic (exact) mass is 502 g/mol.